The molecule has 0 saturated heterocycles. The third-order valence-corrected chi connectivity index (χ3v) is 2.87. The highest BCUT2D eigenvalue weighted by Crippen LogP contribution is 2.24. The number of hydrogen-bond donors (Lipinski definition) is 0. The van der Waals surface area contributed by atoms with Crippen LogP contribution in [-0.4, -0.2) is 15.8 Å². The highest BCUT2D eigenvalue weighted by Gasteiger charge is 2.22. The molecule has 0 bridgehead atoms. The molecule has 0 saturated carbocycles. The number of nitrogens with zero attached hydrogens (tertiary/aromatic N) is 2. The molecule has 0 spiro atoms. The van der Waals surface area contributed by atoms with E-state index >= 15 is 0 Å². The average molecular weight is 228 g/mol. The van der Waals surface area contributed by atoms with Crippen LogP contribution in [0.25, 0.3) is 11.4 Å². The van der Waals surface area contributed by atoms with Gasteiger partial charge in [0.05, 0.1) is 16.8 Å². The van der Waals surface area contributed by atoms with E-state index in [2.05, 4.69) is 9.97 Å². The Morgan fingerprint density at radius 2 is 1.94 bits per heavy atom. The van der Waals surface area contributed by atoms with Gasteiger partial charge in [-0.1, -0.05) is 12.1 Å². The van der Waals surface area contributed by atoms with E-state index in [1.807, 2.05) is 0 Å². The summed E-state index contributed by atoms with van der Waals surface area (Å²) in [6.45, 7) is 0. The SMILES string of the molecule is O=C1CCc2nc(-c3ccccc3F)ncc21. The van der Waals surface area contributed by atoms with Crippen LogP contribution in [0.3, 0.4) is 0 Å². The van der Waals surface area contributed by atoms with Gasteiger partial charge in [-0.3, -0.25) is 4.79 Å². The summed E-state index contributed by atoms with van der Waals surface area (Å²) in [6.07, 6.45) is 2.60. The molecule has 84 valence electrons. The number of carbonyl (C=O) groups excluding carboxylic acids is 1. The smallest absolute Gasteiger partial charge is 0.166 e. The highest BCUT2D eigenvalue weighted by molar-refractivity contribution is 5.99. The lowest BCUT2D eigenvalue weighted by atomic mass is 10.2. The lowest BCUT2D eigenvalue weighted by Gasteiger charge is -2.03. The summed E-state index contributed by atoms with van der Waals surface area (Å²) in [5.74, 6) is 0.0633. The van der Waals surface area contributed by atoms with E-state index in [4.69, 9.17) is 0 Å². The van der Waals surface area contributed by atoms with Gasteiger partial charge in [-0.25, -0.2) is 14.4 Å². The number of rotatable bonds is 1. The first kappa shape index (κ1) is 10.1. The first-order valence-electron chi connectivity index (χ1n) is 5.40. The molecule has 1 heterocycles. The normalized spacial score (nSPS) is 13.8. The average Bonchev–Trinajstić information content (AvgIpc) is 2.71. The predicted octanol–water partition coefficient (Wildman–Crippen LogP) is 2.41. The van der Waals surface area contributed by atoms with Crippen LogP contribution in [0.5, 0.6) is 0 Å². The van der Waals surface area contributed by atoms with Crippen LogP contribution in [0.15, 0.2) is 30.5 Å². The van der Waals surface area contributed by atoms with Crippen LogP contribution >= 0.6 is 0 Å². The second kappa shape index (κ2) is 3.73. The number of benzene rings is 1. The largest absolute Gasteiger partial charge is 0.294 e. The van der Waals surface area contributed by atoms with E-state index < -0.39 is 0 Å². The molecule has 0 N–H and O–H groups in total. The molecule has 2 aromatic rings. The number of fused-ring (bicyclic) bond motifs is 1. The Kier molecular flexibility index (Phi) is 2.21. The Balaban J connectivity index is 2.12. The van der Waals surface area contributed by atoms with Crippen LogP contribution in [-0.2, 0) is 6.42 Å². The molecule has 0 fully saturated rings. The molecule has 0 atom stereocenters. The molecule has 0 amide bonds. The van der Waals surface area contributed by atoms with Crippen molar-refractivity contribution in [2.45, 2.75) is 12.8 Å². The third kappa shape index (κ3) is 1.62. The van der Waals surface area contributed by atoms with Gasteiger partial charge in [-0.2, -0.15) is 0 Å². The van der Waals surface area contributed by atoms with Crippen molar-refractivity contribution >= 4 is 5.78 Å². The highest BCUT2D eigenvalue weighted by atomic mass is 19.1. The molecule has 0 radical (unpaired) electrons. The Morgan fingerprint density at radius 3 is 2.76 bits per heavy atom. The number of ketones is 1. The quantitative estimate of drug-likeness (QED) is 0.752. The van der Waals surface area contributed by atoms with Crippen molar-refractivity contribution in [2.24, 2.45) is 0 Å². The van der Waals surface area contributed by atoms with Gasteiger partial charge in [0.15, 0.2) is 11.6 Å². The van der Waals surface area contributed by atoms with E-state index in [1.165, 1.54) is 12.3 Å². The van der Waals surface area contributed by atoms with Crippen molar-refractivity contribution in [1.82, 2.24) is 9.97 Å². The second-order valence-corrected chi connectivity index (χ2v) is 3.96. The molecule has 4 heteroatoms. The Labute approximate surface area is 97.3 Å². The fraction of sp³-hybridized carbons (Fsp3) is 0.154. The molecule has 1 aliphatic rings. The number of Topliss-reactive ketones (excluding diaryl/α,β-unsaturated/α-hetero) is 1. The maximum Gasteiger partial charge on any atom is 0.166 e. The summed E-state index contributed by atoms with van der Waals surface area (Å²) in [5.41, 5.74) is 1.67. The van der Waals surface area contributed by atoms with Gasteiger partial charge in [0.25, 0.3) is 0 Å². The van der Waals surface area contributed by atoms with Gasteiger partial charge < -0.3 is 0 Å². The zero-order valence-electron chi connectivity index (χ0n) is 8.98. The molecule has 17 heavy (non-hydrogen) atoms. The molecule has 0 unspecified atom stereocenters. The van der Waals surface area contributed by atoms with Crippen LogP contribution in [0.1, 0.15) is 22.5 Å². The van der Waals surface area contributed by atoms with Gasteiger partial charge in [-0.05, 0) is 18.6 Å². The minimum absolute atomic E-state index is 0.0695. The van der Waals surface area contributed by atoms with Gasteiger partial charge in [0.1, 0.15) is 5.82 Å². The van der Waals surface area contributed by atoms with Gasteiger partial charge in [0.2, 0.25) is 0 Å². The first-order valence-corrected chi connectivity index (χ1v) is 5.40. The number of halogens is 1. The van der Waals surface area contributed by atoms with Gasteiger partial charge >= 0.3 is 0 Å². The minimum atomic E-state index is -0.350. The maximum atomic E-state index is 13.6. The predicted molar refractivity (Wildman–Crippen MR) is 60.1 cm³/mol. The van der Waals surface area contributed by atoms with Crippen molar-refractivity contribution in [3.05, 3.63) is 47.5 Å². The maximum absolute atomic E-state index is 13.6. The topological polar surface area (TPSA) is 42.9 Å². The number of hydrogen-bond acceptors (Lipinski definition) is 3. The van der Waals surface area contributed by atoms with Crippen molar-refractivity contribution < 1.29 is 9.18 Å². The van der Waals surface area contributed by atoms with Crippen LogP contribution < -0.4 is 0 Å². The van der Waals surface area contributed by atoms with Gasteiger partial charge in [0, 0.05) is 12.6 Å². The van der Waals surface area contributed by atoms with Crippen molar-refractivity contribution in [3.63, 3.8) is 0 Å². The molecule has 0 aliphatic heterocycles. The third-order valence-electron chi connectivity index (χ3n) is 2.87. The summed E-state index contributed by atoms with van der Waals surface area (Å²) >= 11 is 0. The Morgan fingerprint density at radius 1 is 1.12 bits per heavy atom. The summed E-state index contributed by atoms with van der Waals surface area (Å²) in [4.78, 5) is 19.7. The number of aryl methyl sites for hydroxylation is 1. The fourth-order valence-electron chi connectivity index (χ4n) is 1.98. The lowest BCUT2D eigenvalue weighted by Crippen LogP contribution is -1.99. The second-order valence-electron chi connectivity index (χ2n) is 3.96. The van der Waals surface area contributed by atoms with E-state index in [0.29, 0.717) is 29.8 Å². The monoisotopic (exact) mass is 228 g/mol. The number of aromatic nitrogens is 2. The van der Waals surface area contributed by atoms with Crippen molar-refractivity contribution in [2.75, 3.05) is 0 Å². The van der Waals surface area contributed by atoms with Crippen molar-refractivity contribution in [1.29, 1.82) is 0 Å². The standard InChI is InChI=1S/C13H9FN2O/c14-10-4-2-1-3-8(10)13-15-7-9-11(16-13)5-6-12(9)17/h1-4,7H,5-6H2. The fourth-order valence-corrected chi connectivity index (χ4v) is 1.98. The minimum Gasteiger partial charge on any atom is -0.294 e. The molecule has 3 nitrogen and oxygen atoms in total. The number of carbonyl (C=O) groups is 1. The molecule has 1 aromatic heterocycles. The zero-order chi connectivity index (χ0) is 11.8. The molecular formula is C13H9FN2O. The summed E-state index contributed by atoms with van der Waals surface area (Å²) < 4.78 is 13.6. The Bertz CT molecular complexity index is 610. The molecule has 1 aliphatic carbocycles. The van der Waals surface area contributed by atoms with E-state index in [9.17, 15) is 9.18 Å². The first-order chi connectivity index (χ1) is 8.25. The Hall–Kier alpha value is -2.10. The van der Waals surface area contributed by atoms with Crippen LogP contribution in [0.2, 0.25) is 0 Å². The molecule has 3 rings (SSSR count). The summed E-state index contributed by atoms with van der Waals surface area (Å²) in [5, 5.41) is 0. The van der Waals surface area contributed by atoms with Crippen LogP contribution in [0, 0.1) is 5.82 Å². The zero-order valence-corrected chi connectivity index (χ0v) is 8.98. The molecular weight excluding hydrogens is 219 g/mol. The van der Waals surface area contributed by atoms with E-state index in [0.717, 1.165) is 5.69 Å². The van der Waals surface area contributed by atoms with Crippen molar-refractivity contribution in [3.8, 4) is 11.4 Å². The summed E-state index contributed by atoms with van der Waals surface area (Å²) in [7, 11) is 0. The van der Waals surface area contributed by atoms with Crippen LogP contribution in [0.4, 0.5) is 4.39 Å². The van der Waals surface area contributed by atoms with E-state index in [1.54, 1.807) is 18.2 Å². The molecule has 1 aromatic carbocycles. The van der Waals surface area contributed by atoms with E-state index in [-0.39, 0.29) is 11.6 Å². The lowest BCUT2D eigenvalue weighted by molar-refractivity contribution is 0.0994. The summed E-state index contributed by atoms with van der Waals surface area (Å²) in [6, 6.07) is 6.36. The van der Waals surface area contributed by atoms with Gasteiger partial charge in [-0.15, -0.1) is 0 Å².